The van der Waals surface area contributed by atoms with E-state index in [4.69, 9.17) is 5.11 Å². The number of carboxylic acid groups (broad SMARTS) is 1. The molecule has 10 heteroatoms. The zero-order chi connectivity index (χ0) is 20.9. The molecule has 3 aromatic rings. The van der Waals surface area contributed by atoms with E-state index in [-0.39, 0.29) is 4.90 Å². The van der Waals surface area contributed by atoms with E-state index in [1.165, 1.54) is 18.2 Å². The van der Waals surface area contributed by atoms with Crippen molar-refractivity contribution in [2.45, 2.75) is 17.4 Å². The lowest BCUT2D eigenvalue weighted by Gasteiger charge is -2.17. The van der Waals surface area contributed by atoms with Gasteiger partial charge in [-0.15, -0.1) is 10.2 Å². The summed E-state index contributed by atoms with van der Waals surface area (Å²) in [6.07, 6.45) is 6.70. The summed E-state index contributed by atoms with van der Waals surface area (Å²) in [5.74, 6) is 0.202. The smallest absolute Gasteiger partial charge is 0.328 e. The average molecular weight is 433 g/mol. The van der Waals surface area contributed by atoms with Crippen molar-refractivity contribution >= 4 is 39.5 Å². The quantitative estimate of drug-likeness (QED) is 0.500. The van der Waals surface area contributed by atoms with Gasteiger partial charge in [-0.2, -0.15) is 11.8 Å². The fraction of sp³-hybridized carbons (Fsp3) is 0.211. The van der Waals surface area contributed by atoms with E-state index < -0.39 is 22.0 Å². The molecule has 0 saturated heterocycles. The SMILES string of the molecule is CSCCC(NS(=O)(=O)c1ccc(/C=C/C(=O)O)cc1)c1nnc2ccccn12. The van der Waals surface area contributed by atoms with E-state index in [2.05, 4.69) is 14.9 Å². The van der Waals surface area contributed by atoms with Crippen LogP contribution in [0.25, 0.3) is 11.7 Å². The molecule has 1 aromatic carbocycles. The van der Waals surface area contributed by atoms with Gasteiger partial charge in [-0.3, -0.25) is 4.40 Å². The number of carboxylic acids is 1. The number of fused-ring (bicyclic) bond motifs is 1. The molecule has 0 fully saturated rings. The fourth-order valence-corrected chi connectivity index (χ4v) is 4.45. The monoisotopic (exact) mass is 432 g/mol. The number of pyridine rings is 1. The minimum absolute atomic E-state index is 0.0907. The van der Waals surface area contributed by atoms with Crippen molar-refractivity contribution in [3.63, 3.8) is 0 Å². The van der Waals surface area contributed by atoms with Gasteiger partial charge >= 0.3 is 5.97 Å². The van der Waals surface area contributed by atoms with Gasteiger partial charge in [0.15, 0.2) is 11.5 Å². The van der Waals surface area contributed by atoms with Gasteiger partial charge in [0.1, 0.15) is 0 Å². The van der Waals surface area contributed by atoms with Crippen molar-refractivity contribution in [3.05, 3.63) is 66.1 Å². The van der Waals surface area contributed by atoms with E-state index in [0.29, 0.717) is 23.5 Å². The fourth-order valence-electron chi connectivity index (χ4n) is 2.75. The van der Waals surface area contributed by atoms with Crippen molar-refractivity contribution in [1.29, 1.82) is 0 Å². The van der Waals surface area contributed by atoms with Gasteiger partial charge in [0.2, 0.25) is 10.0 Å². The Morgan fingerprint density at radius 2 is 2.00 bits per heavy atom. The number of aliphatic carboxylic acids is 1. The number of hydrogen-bond donors (Lipinski definition) is 2. The van der Waals surface area contributed by atoms with Crippen LogP contribution < -0.4 is 4.72 Å². The predicted octanol–water partition coefficient (Wildman–Crippen LogP) is 2.60. The Labute approximate surface area is 172 Å². The first-order valence-electron chi connectivity index (χ1n) is 8.73. The van der Waals surface area contributed by atoms with E-state index in [1.807, 2.05) is 18.4 Å². The van der Waals surface area contributed by atoms with Crippen LogP contribution in [-0.4, -0.2) is 46.1 Å². The lowest BCUT2D eigenvalue weighted by molar-refractivity contribution is -0.131. The van der Waals surface area contributed by atoms with Gasteiger partial charge in [-0.25, -0.2) is 17.9 Å². The van der Waals surface area contributed by atoms with Crippen molar-refractivity contribution in [3.8, 4) is 0 Å². The Bertz CT molecular complexity index is 1120. The summed E-state index contributed by atoms with van der Waals surface area (Å²) in [4.78, 5) is 10.7. The first-order chi connectivity index (χ1) is 13.9. The Morgan fingerprint density at radius 3 is 2.69 bits per heavy atom. The van der Waals surface area contributed by atoms with Crippen LogP contribution in [0.15, 0.2) is 59.6 Å². The van der Waals surface area contributed by atoms with Crippen LogP contribution in [0.4, 0.5) is 0 Å². The summed E-state index contributed by atoms with van der Waals surface area (Å²) >= 11 is 1.62. The van der Waals surface area contributed by atoms with Crippen molar-refractivity contribution in [2.24, 2.45) is 0 Å². The molecule has 152 valence electrons. The van der Waals surface area contributed by atoms with Gasteiger partial charge in [0.25, 0.3) is 0 Å². The molecule has 0 saturated carbocycles. The van der Waals surface area contributed by atoms with Crippen LogP contribution in [0.2, 0.25) is 0 Å². The molecule has 0 spiro atoms. The summed E-state index contributed by atoms with van der Waals surface area (Å²) < 4.78 is 30.4. The van der Waals surface area contributed by atoms with Crippen LogP contribution in [0.5, 0.6) is 0 Å². The van der Waals surface area contributed by atoms with E-state index >= 15 is 0 Å². The number of hydrogen-bond acceptors (Lipinski definition) is 6. The second-order valence-electron chi connectivity index (χ2n) is 6.18. The Balaban J connectivity index is 1.87. The minimum Gasteiger partial charge on any atom is -0.478 e. The molecule has 2 aromatic heterocycles. The standard InChI is InChI=1S/C19H20N4O4S2/c1-28-13-11-16(19-21-20-17-4-2-3-12-23(17)19)22-29(26,27)15-8-5-14(6-9-15)7-10-18(24)25/h2-10,12,16,22H,11,13H2,1H3,(H,24,25)/b10-7+. The third-order valence-electron chi connectivity index (χ3n) is 4.17. The first kappa shape index (κ1) is 21.0. The molecule has 0 bridgehead atoms. The Hall–Kier alpha value is -2.69. The molecule has 29 heavy (non-hydrogen) atoms. The largest absolute Gasteiger partial charge is 0.478 e. The van der Waals surface area contributed by atoms with Crippen molar-refractivity contribution in [2.75, 3.05) is 12.0 Å². The number of carbonyl (C=O) groups is 1. The van der Waals surface area contributed by atoms with Crippen LogP contribution in [-0.2, 0) is 14.8 Å². The molecular formula is C19H20N4O4S2. The highest BCUT2D eigenvalue weighted by Crippen LogP contribution is 2.22. The lowest BCUT2D eigenvalue weighted by Crippen LogP contribution is -2.30. The molecule has 2 N–H and O–H groups in total. The number of benzene rings is 1. The summed E-state index contributed by atoms with van der Waals surface area (Å²) in [7, 11) is -3.81. The highest BCUT2D eigenvalue weighted by atomic mass is 32.2. The van der Waals surface area contributed by atoms with E-state index in [0.717, 1.165) is 11.8 Å². The third kappa shape index (κ3) is 5.22. The molecular weight excluding hydrogens is 412 g/mol. The number of sulfonamides is 1. The van der Waals surface area contributed by atoms with Gasteiger partial charge in [0, 0.05) is 12.3 Å². The molecule has 0 amide bonds. The minimum atomic E-state index is -3.81. The second kappa shape index (κ2) is 9.21. The van der Waals surface area contributed by atoms with Crippen LogP contribution in [0.1, 0.15) is 23.9 Å². The highest BCUT2D eigenvalue weighted by molar-refractivity contribution is 7.98. The average Bonchev–Trinajstić information content (AvgIpc) is 3.14. The number of aromatic nitrogens is 3. The number of rotatable bonds is 9. The van der Waals surface area contributed by atoms with E-state index in [1.54, 1.807) is 40.6 Å². The third-order valence-corrected chi connectivity index (χ3v) is 6.30. The van der Waals surface area contributed by atoms with Gasteiger partial charge in [-0.05, 0) is 54.3 Å². The lowest BCUT2D eigenvalue weighted by atomic mass is 10.2. The number of thioether (sulfide) groups is 1. The maximum absolute atomic E-state index is 12.9. The van der Waals surface area contributed by atoms with Gasteiger partial charge in [0.05, 0.1) is 10.9 Å². The zero-order valence-corrected chi connectivity index (χ0v) is 17.2. The Kier molecular flexibility index (Phi) is 6.68. The Morgan fingerprint density at radius 1 is 1.24 bits per heavy atom. The molecule has 0 aliphatic carbocycles. The van der Waals surface area contributed by atoms with E-state index in [9.17, 15) is 13.2 Å². The van der Waals surface area contributed by atoms with Crippen molar-refractivity contribution < 1.29 is 18.3 Å². The molecule has 3 rings (SSSR count). The predicted molar refractivity (Wildman–Crippen MR) is 112 cm³/mol. The molecule has 0 aliphatic heterocycles. The summed E-state index contributed by atoms with van der Waals surface area (Å²) in [5.41, 5.74) is 1.24. The van der Waals surface area contributed by atoms with Crippen LogP contribution in [0.3, 0.4) is 0 Å². The molecule has 0 aliphatic rings. The van der Waals surface area contributed by atoms with Gasteiger partial charge < -0.3 is 5.11 Å². The number of nitrogens with one attached hydrogen (secondary N) is 1. The normalized spacial score (nSPS) is 13.1. The van der Waals surface area contributed by atoms with Gasteiger partial charge in [-0.1, -0.05) is 18.2 Å². The topological polar surface area (TPSA) is 114 Å². The summed E-state index contributed by atoms with van der Waals surface area (Å²) in [6, 6.07) is 10.9. The molecule has 0 radical (unpaired) electrons. The summed E-state index contributed by atoms with van der Waals surface area (Å²) in [6.45, 7) is 0. The van der Waals surface area contributed by atoms with Crippen LogP contribution >= 0.6 is 11.8 Å². The van der Waals surface area contributed by atoms with Crippen LogP contribution in [0, 0.1) is 0 Å². The number of nitrogens with zero attached hydrogens (tertiary/aromatic N) is 3. The summed E-state index contributed by atoms with van der Waals surface area (Å²) in [5, 5.41) is 17.0. The maximum Gasteiger partial charge on any atom is 0.328 e. The molecule has 8 nitrogen and oxygen atoms in total. The molecule has 1 unspecified atom stereocenters. The molecule has 1 atom stereocenters. The second-order valence-corrected chi connectivity index (χ2v) is 8.88. The van der Waals surface area contributed by atoms with Crippen molar-refractivity contribution in [1.82, 2.24) is 19.3 Å². The first-order valence-corrected chi connectivity index (χ1v) is 11.6. The molecule has 2 heterocycles. The highest BCUT2D eigenvalue weighted by Gasteiger charge is 2.25. The maximum atomic E-state index is 12.9. The zero-order valence-electron chi connectivity index (χ0n) is 15.6.